The Kier molecular flexibility index (Phi) is 6.83. The maximum atomic E-state index is 3.54. The number of hydrogen-bond donors (Lipinski definition) is 0. The van der Waals surface area contributed by atoms with Gasteiger partial charge >= 0.3 is 0 Å². The summed E-state index contributed by atoms with van der Waals surface area (Å²) < 4.78 is 1.02. The lowest BCUT2D eigenvalue weighted by atomic mass is 10.4. The first-order chi connectivity index (χ1) is 6.58. The zero-order valence-corrected chi connectivity index (χ0v) is 16.6. The molecule has 1 rings (SSSR count). The predicted octanol–water partition coefficient (Wildman–Crippen LogP) is 1.42. The summed E-state index contributed by atoms with van der Waals surface area (Å²) in [6.07, 6.45) is 0. The number of alkyl halides is 4. The van der Waals surface area contributed by atoms with Crippen LogP contribution in [0.15, 0.2) is 24.3 Å². The molecule has 0 aliphatic carbocycles. The molecule has 1 aromatic rings. The van der Waals surface area contributed by atoms with Gasteiger partial charge < -0.3 is 0 Å². The van der Waals surface area contributed by atoms with E-state index in [4.69, 9.17) is 0 Å². The first-order valence-corrected chi connectivity index (χ1v) is 10.9. The largest absolute Gasteiger partial charge is 0.0833 e. The number of halogens is 4. The van der Waals surface area contributed by atoms with Gasteiger partial charge in [-0.2, -0.15) is 0 Å². The van der Waals surface area contributed by atoms with Crippen LogP contribution in [-0.2, 0) is 0 Å². The molecular formula is C8H10Br4Si2. The van der Waals surface area contributed by atoms with Crippen LogP contribution in [0.1, 0.15) is 0 Å². The fourth-order valence-corrected chi connectivity index (χ4v) is 7.38. The Labute approximate surface area is 123 Å². The van der Waals surface area contributed by atoms with Crippen molar-refractivity contribution in [1.82, 2.24) is 0 Å². The van der Waals surface area contributed by atoms with E-state index in [0.717, 1.165) is 0 Å². The summed E-state index contributed by atoms with van der Waals surface area (Å²) in [5.74, 6) is 0. The minimum Gasteiger partial charge on any atom is -0.0805 e. The summed E-state index contributed by atoms with van der Waals surface area (Å²) in [4.78, 5) is 0. The van der Waals surface area contributed by atoms with Crippen molar-refractivity contribution in [1.29, 1.82) is 0 Å². The van der Waals surface area contributed by atoms with E-state index in [2.05, 4.69) is 88.0 Å². The molecule has 0 spiro atoms. The highest BCUT2D eigenvalue weighted by Crippen LogP contribution is 2.06. The summed E-state index contributed by atoms with van der Waals surface area (Å²) in [5, 5.41) is 3.00. The van der Waals surface area contributed by atoms with Crippen molar-refractivity contribution in [2.24, 2.45) is 0 Å². The highest BCUT2D eigenvalue weighted by molar-refractivity contribution is 9.25. The molecule has 1 aromatic carbocycles. The van der Waals surface area contributed by atoms with Crippen molar-refractivity contribution < 1.29 is 0 Å². The summed E-state index contributed by atoms with van der Waals surface area (Å²) in [6.45, 7) is 0. The van der Waals surface area contributed by atoms with Crippen LogP contribution in [-0.4, -0.2) is 25.8 Å². The van der Waals surface area contributed by atoms with E-state index in [0.29, 0.717) is 6.72 Å². The van der Waals surface area contributed by atoms with Gasteiger partial charge in [-0.1, -0.05) is 98.4 Å². The van der Waals surface area contributed by atoms with E-state index in [1.807, 2.05) is 0 Å². The molecule has 0 aliphatic heterocycles. The van der Waals surface area contributed by atoms with Crippen LogP contribution < -0.4 is 10.4 Å². The SMILES string of the molecule is BrC(Br)[SiH2]c1ccc([SiH2]C(Br)Br)cc1. The quantitative estimate of drug-likeness (QED) is 0.451. The molecule has 0 unspecified atom stereocenters. The van der Waals surface area contributed by atoms with Gasteiger partial charge in [0, 0.05) is 0 Å². The Morgan fingerprint density at radius 3 is 1.21 bits per heavy atom. The van der Waals surface area contributed by atoms with Gasteiger partial charge in [-0.05, 0) is 0 Å². The first kappa shape index (κ1) is 13.6. The fourth-order valence-electron chi connectivity index (χ4n) is 1.17. The van der Waals surface area contributed by atoms with Crippen LogP contribution in [0.3, 0.4) is 0 Å². The molecule has 0 aromatic heterocycles. The molecule has 0 aliphatic rings. The van der Waals surface area contributed by atoms with Crippen LogP contribution >= 0.6 is 63.7 Å². The van der Waals surface area contributed by atoms with Crippen molar-refractivity contribution in [2.45, 2.75) is 6.72 Å². The molecule has 0 saturated carbocycles. The standard InChI is InChI=1S/C8H10Br4Si2/c9-7(10)13-5-1-2-6(4-3-5)14-8(11)12/h1-4,7-8H,13-14H2. The van der Waals surface area contributed by atoms with Crippen molar-refractivity contribution in [3.8, 4) is 0 Å². The highest BCUT2D eigenvalue weighted by Gasteiger charge is 2.04. The summed E-state index contributed by atoms with van der Waals surface area (Å²) in [6, 6.07) is 9.08. The van der Waals surface area contributed by atoms with Gasteiger partial charge in [0.05, 0.1) is 25.8 Å². The van der Waals surface area contributed by atoms with Crippen LogP contribution in [0, 0.1) is 0 Å². The normalized spacial score (nSPS) is 13.0. The molecule has 0 N–H and O–H groups in total. The average Bonchev–Trinajstić information content (AvgIpc) is 2.06. The number of hydrogen-bond acceptors (Lipinski definition) is 0. The Balaban J connectivity index is 2.59. The molecule has 0 bridgehead atoms. The molecule has 0 heterocycles. The van der Waals surface area contributed by atoms with E-state index in [-0.39, 0.29) is 19.0 Å². The maximum Gasteiger partial charge on any atom is 0.0833 e. The smallest absolute Gasteiger partial charge is 0.0805 e. The molecule has 0 amide bonds. The van der Waals surface area contributed by atoms with E-state index in [1.54, 1.807) is 0 Å². The molecule has 0 fully saturated rings. The van der Waals surface area contributed by atoms with Crippen LogP contribution in [0.4, 0.5) is 0 Å². The van der Waals surface area contributed by atoms with Gasteiger partial charge in [0.25, 0.3) is 0 Å². The van der Waals surface area contributed by atoms with Gasteiger partial charge in [-0.15, -0.1) is 0 Å². The molecule has 14 heavy (non-hydrogen) atoms. The Morgan fingerprint density at radius 1 is 0.714 bits per heavy atom. The van der Waals surface area contributed by atoms with E-state index in [9.17, 15) is 0 Å². The van der Waals surface area contributed by atoms with Crippen molar-refractivity contribution in [2.75, 3.05) is 0 Å². The highest BCUT2D eigenvalue weighted by atomic mass is 79.9. The van der Waals surface area contributed by atoms with Crippen molar-refractivity contribution in [3.63, 3.8) is 0 Å². The molecular weight excluding hydrogens is 472 g/mol. The third kappa shape index (κ3) is 5.60. The number of benzene rings is 1. The van der Waals surface area contributed by atoms with Crippen molar-refractivity contribution in [3.05, 3.63) is 24.3 Å². The van der Waals surface area contributed by atoms with Crippen molar-refractivity contribution >= 4 is 93.1 Å². The summed E-state index contributed by atoms with van der Waals surface area (Å²) in [5.41, 5.74) is 0. The summed E-state index contributed by atoms with van der Waals surface area (Å²) >= 11 is 14.2. The summed E-state index contributed by atoms with van der Waals surface area (Å²) in [7, 11) is -0.389. The Hall–Kier alpha value is 1.57. The minimum absolute atomic E-state index is 0.194. The molecule has 0 atom stereocenters. The van der Waals surface area contributed by atoms with E-state index >= 15 is 0 Å². The first-order valence-electron chi connectivity index (χ1n) is 4.22. The van der Waals surface area contributed by atoms with E-state index < -0.39 is 0 Å². The maximum absolute atomic E-state index is 3.54. The topological polar surface area (TPSA) is 0 Å². The van der Waals surface area contributed by atoms with Gasteiger partial charge in [0.2, 0.25) is 0 Å². The zero-order valence-electron chi connectivity index (χ0n) is 7.39. The molecule has 0 radical (unpaired) electrons. The van der Waals surface area contributed by atoms with Crippen LogP contribution in [0.2, 0.25) is 0 Å². The fraction of sp³-hybridized carbons (Fsp3) is 0.250. The molecule has 6 heteroatoms. The van der Waals surface area contributed by atoms with Gasteiger partial charge in [0.1, 0.15) is 0 Å². The monoisotopic (exact) mass is 478 g/mol. The predicted molar refractivity (Wildman–Crippen MR) is 86.1 cm³/mol. The van der Waals surface area contributed by atoms with Crippen LogP contribution in [0.25, 0.3) is 0 Å². The molecule has 0 saturated heterocycles. The lowest BCUT2D eigenvalue weighted by molar-refractivity contribution is 1.80. The van der Waals surface area contributed by atoms with Gasteiger partial charge in [0.15, 0.2) is 0 Å². The lowest BCUT2D eigenvalue weighted by Gasteiger charge is -2.04. The third-order valence-corrected chi connectivity index (χ3v) is 8.19. The zero-order chi connectivity index (χ0) is 10.6. The van der Waals surface area contributed by atoms with Crippen LogP contribution in [0.5, 0.6) is 0 Å². The van der Waals surface area contributed by atoms with Gasteiger partial charge in [-0.3, -0.25) is 0 Å². The average molecular weight is 482 g/mol. The lowest BCUT2D eigenvalue weighted by Crippen LogP contribution is -2.25. The molecule has 0 nitrogen and oxygen atoms in total. The minimum atomic E-state index is -0.194. The van der Waals surface area contributed by atoms with E-state index in [1.165, 1.54) is 10.4 Å². The second-order valence-electron chi connectivity index (χ2n) is 3.01. The second kappa shape index (κ2) is 7.01. The molecule has 78 valence electrons. The Morgan fingerprint density at radius 2 is 1.00 bits per heavy atom. The second-order valence-corrected chi connectivity index (χ2v) is 18.7. The third-order valence-electron chi connectivity index (χ3n) is 1.80. The van der Waals surface area contributed by atoms with Gasteiger partial charge in [-0.25, -0.2) is 0 Å². The number of rotatable bonds is 4. The Bertz CT molecular complexity index is 244.